The Morgan fingerprint density at radius 1 is 1.00 bits per heavy atom. The van der Waals surface area contributed by atoms with Gasteiger partial charge >= 0.3 is 11.8 Å². The minimum atomic E-state index is -0.570. The van der Waals surface area contributed by atoms with Gasteiger partial charge in [0.1, 0.15) is 0 Å². The Kier molecular flexibility index (Phi) is 6.02. The quantitative estimate of drug-likeness (QED) is 0.865. The fraction of sp³-hybridized carbons (Fsp3) is 0.333. The Hall–Kier alpha value is -2.66. The Morgan fingerprint density at radius 2 is 1.65 bits per heavy atom. The van der Waals surface area contributed by atoms with Crippen LogP contribution in [0.15, 0.2) is 60.7 Å². The highest BCUT2D eigenvalue weighted by Gasteiger charge is 2.29. The minimum absolute atomic E-state index is 0.00441. The second kappa shape index (κ2) is 8.63. The zero-order chi connectivity index (χ0) is 18.4. The van der Waals surface area contributed by atoms with Crippen LogP contribution in [0.25, 0.3) is 0 Å². The molecule has 5 nitrogen and oxygen atoms in total. The molecule has 136 valence electrons. The van der Waals surface area contributed by atoms with Crippen LogP contribution < -0.4 is 5.32 Å². The first kappa shape index (κ1) is 18.1. The molecule has 1 atom stereocenters. The number of carbonyl (C=O) groups excluding carboxylic acids is 2. The SMILES string of the molecule is C[C@H]1CN(Cc2ccccc2)CCCN1C(=O)C(=O)Nc1ccccc1. The van der Waals surface area contributed by atoms with E-state index >= 15 is 0 Å². The van der Waals surface area contributed by atoms with E-state index < -0.39 is 11.8 Å². The second-order valence-electron chi connectivity index (χ2n) is 6.74. The van der Waals surface area contributed by atoms with Gasteiger partial charge in [0.05, 0.1) is 0 Å². The summed E-state index contributed by atoms with van der Waals surface area (Å²) in [6, 6.07) is 19.4. The van der Waals surface area contributed by atoms with Crippen LogP contribution in [0.1, 0.15) is 18.9 Å². The van der Waals surface area contributed by atoms with Crippen LogP contribution in [-0.4, -0.2) is 47.3 Å². The first-order valence-electron chi connectivity index (χ1n) is 9.07. The molecule has 1 aliphatic heterocycles. The Labute approximate surface area is 154 Å². The van der Waals surface area contributed by atoms with Gasteiger partial charge in [0.15, 0.2) is 0 Å². The summed E-state index contributed by atoms with van der Waals surface area (Å²) in [6.45, 7) is 5.16. The summed E-state index contributed by atoms with van der Waals surface area (Å²) >= 11 is 0. The zero-order valence-corrected chi connectivity index (χ0v) is 15.1. The molecule has 1 fully saturated rings. The molecule has 0 aromatic heterocycles. The van der Waals surface area contributed by atoms with Gasteiger partial charge in [-0.15, -0.1) is 0 Å². The van der Waals surface area contributed by atoms with Crippen LogP contribution in [0.4, 0.5) is 5.69 Å². The molecule has 2 amide bonds. The van der Waals surface area contributed by atoms with Crippen LogP contribution in [0.2, 0.25) is 0 Å². The molecule has 5 heteroatoms. The molecular formula is C21H25N3O2. The van der Waals surface area contributed by atoms with Crippen molar-refractivity contribution in [2.75, 3.05) is 25.0 Å². The molecule has 1 saturated heterocycles. The Bertz CT molecular complexity index is 733. The van der Waals surface area contributed by atoms with Gasteiger partial charge in [0.25, 0.3) is 0 Å². The number of carbonyl (C=O) groups is 2. The first-order chi connectivity index (χ1) is 12.6. The maximum absolute atomic E-state index is 12.6. The van der Waals surface area contributed by atoms with Crippen LogP contribution in [0.3, 0.4) is 0 Å². The van der Waals surface area contributed by atoms with Gasteiger partial charge in [0, 0.05) is 37.9 Å². The molecule has 0 spiro atoms. The molecule has 2 aromatic rings. The second-order valence-corrected chi connectivity index (χ2v) is 6.74. The van der Waals surface area contributed by atoms with Gasteiger partial charge in [-0.3, -0.25) is 14.5 Å². The molecule has 2 aromatic carbocycles. The monoisotopic (exact) mass is 351 g/mol. The summed E-state index contributed by atoms with van der Waals surface area (Å²) < 4.78 is 0. The summed E-state index contributed by atoms with van der Waals surface area (Å²) in [6.07, 6.45) is 0.863. The van der Waals surface area contributed by atoms with Gasteiger partial charge < -0.3 is 10.2 Å². The van der Waals surface area contributed by atoms with E-state index in [-0.39, 0.29) is 6.04 Å². The predicted molar refractivity (Wildman–Crippen MR) is 103 cm³/mol. The van der Waals surface area contributed by atoms with Crippen molar-refractivity contribution in [1.82, 2.24) is 9.80 Å². The fourth-order valence-corrected chi connectivity index (χ4v) is 3.37. The highest BCUT2D eigenvalue weighted by atomic mass is 16.2. The van der Waals surface area contributed by atoms with Crippen LogP contribution >= 0.6 is 0 Å². The molecule has 3 rings (SSSR count). The van der Waals surface area contributed by atoms with E-state index in [1.807, 2.05) is 43.3 Å². The summed E-state index contributed by atoms with van der Waals surface area (Å²) in [7, 11) is 0. The number of amides is 2. The number of para-hydroxylation sites is 1. The molecule has 0 bridgehead atoms. The van der Waals surface area contributed by atoms with Crippen molar-refractivity contribution in [1.29, 1.82) is 0 Å². The van der Waals surface area contributed by atoms with Crippen LogP contribution in [-0.2, 0) is 16.1 Å². The number of benzene rings is 2. The average molecular weight is 351 g/mol. The lowest BCUT2D eigenvalue weighted by Crippen LogP contribution is -2.47. The van der Waals surface area contributed by atoms with E-state index in [4.69, 9.17) is 0 Å². The average Bonchev–Trinajstić information content (AvgIpc) is 2.83. The van der Waals surface area contributed by atoms with E-state index in [1.165, 1.54) is 5.56 Å². The smallest absolute Gasteiger partial charge is 0.313 e. The number of nitrogens with zero attached hydrogens (tertiary/aromatic N) is 2. The molecule has 26 heavy (non-hydrogen) atoms. The molecule has 1 heterocycles. The highest BCUT2D eigenvalue weighted by molar-refractivity contribution is 6.39. The lowest BCUT2D eigenvalue weighted by Gasteiger charge is -2.28. The van der Waals surface area contributed by atoms with Crippen molar-refractivity contribution in [3.05, 3.63) is 66.2 Å². The third-order valence-corrected chi connectivity index (χ3v) is 4.66. The fourth-order valence-electron chi connectivity index (χ4n) is 3.37. The van der Waals surface area contributed by atoms with Crippen molar-refractivity contribution in [2.45, 2.75) is 25.9 Å². The molecule has 0 unspecified atom stereocenters. The number of hydrogen-bond donors (Lipinski definition) is 1. The topological polar surface area (TPSA) is 52.7 Å². The van der Waals surface area contributed by atoms with Gasteiger partial charge in [-0.05, 0) is 31.0 Å². The largest absolute Gasteiger partial charge is 0.330 e. The maximum Gasteiger partial charge on any atom is 0.313 e. The lowest BCUT2D eigenvalue weighted by molar-refractivity contribution is -0.144. The molecule has 1 N–H and O–H groups in total. The van der Waals surface area contributed by atoms with Crippen molar-refractivity contribution in [2.24, 2.45) is 0 Å². The third-order valence-electron chi connectivity index (χ3n) is 4.66. The van der Waals surface area contributed by atoms with Crippen molar-refractivity contribution < 1.29 is 9.59 Å². The number of hydrogen-bond acceptors (Lipinski definition) is 3. The lowest BCUT2D eigenvalue weighted by atomic mass is 10.2. The van der Waals surface area contributed by atoms with E-state index in [2.05, 4.69) is 22.3 Å². The highest BCUT2D eigenvalue weighted by Crippen LogP contribution is 2.14. The Morgan fingerprint density at radius 3 is 2.35 bits per heavy atom. The number of rotatable bonds is 3. The predicted octanol–water partition coefficient (Wildman–Crippen LogP) is 2.75. The summed E-state index contributed by atoms with van der Waals surface area (Å²) in [5, 5.41) is 2.69. The standard InChI is InChI=1S/C21H25N3O2/c1-17-15-23(16-18-9-4-2-5-10-18)13-8-14-24(17)21(26)20(25)22-19-11-6-3-7-12-19/h2-7,9-12,17H,8,13-16H2,1H3,(H,22,25)/t17-/m0/s1. The number of nitrogens with one attached hydrogen (secondary N) is 1. The molecule has 0 aliphatic carbocycles. The molecule has 0 saturated carbocycles. The van der Waals surface area contributed by atoms with E-state index in [9.17, 15) is 9.59 Å². The summed E-state index contributed by atoms with van der Waals surface area (Å²) in [5.74, 6) is -1.03. The van der Waals surface area contributed by atoms with Crippen LogP contribution in [0.5, 0.6) is 0 Å². The van der Waals surface area contributed by atoms with Gasteiger partial charge in [-0.2, -0.15) is 0 Å². The van der Waals surface area contributed by atoms with Gasteiger partial charge in [-0.1, -0.05) is 48.5 Å². The van der Waals surface area contributed by atoms with Crippen molar-refractivity contribution in [3.8, 4) is 0 Å². The third kappa shape index (κ3) is 4.70. The maximum atomic E-state index is 12.6. The van der Waals surface area contributed by atoms with Crippen molar-refractivity contribution in [3.63, 3.8) is 0 Å². The van der Waals surface area contributed by atoms with E-state index in [0.29, 0.717) is 12.2 Å². The normalized spacial score (nSPS) is 18.2. The first-order valence-corrected chi connectivity index (χ1v) is 9.07. The van der Waals surface area contributed by atoms with Gasteiger partial charge in [0.2, 0.25) is 0 Å². The summed E-state index contributed by atoms with van der Waals surface area (Å²) in [4.78, 5) is 29.0. The van der Waals surface area contributed by atoms with E-state index in [1.54, 1.807) is 17.0 Å². The van der Waals surface area contributed by atoms with E-state index in [0.717, 1.165) is 26.1 Å². The van der Waals surface area contributed by atoms with Crippen LogP contribution in [0, 0.1) is 0 Å². The Balaban J connectivity index is 1.60. The zero-order valence-electron chi connectivity index (χ0n) is 15.1. The van der Waals surface area contributed by atoms with Gasteiger partial charge in [-0.25, -0.2) is 0 Å². The molecule has 0 radical (unpaired) electrons. The summed E-state index contributed by atoms with van der Waals surface area (Å²) in [5.41, 5.74) is 1.90. The number of anilines is 1. The molecular weight excluding hydrogens is 326 g/mol. The molecule has 1 aliphatic rings. The minimum Gasteiger partial charge on any atom is -0.330 e. The van der Waals surface area contributed by atoms with Crippen molar-refractivity contribution >= 4 is 17.5 Å².